The van der Waals surface area contributed by atoms with Crippen LogP contribution in [0.5, 0.6) is 0 Å². The minimum Gasteiger partial charge on any atom is -0.375 e. The molecule has 0 spiro atoms. The molecular weight excluding hydrogens is 223 g/mol. The largest absolute Gasteiger partial charge is 0.422 e. The van der Waals surface area contributed by atoms with E-state index in [1.165, 1.54) is 0 Å². The summed E-state index contributed by atoms with van der Waals surface area (Å²) in [5, 5.41) is 18.0. The van der Waals surface area contributed by atoms with E-state index in [-0.39, 0.29) is 5.56 Å². The molecule has 0 aliphatic rings. The molecule has 0 saturated carbocycles. The van der Waals surface area contributed by atoms with E-state index < -0.39 is 23.9 Å². The van der Waals surface area contributed by atoms with Gasteiger partial charge in [0.15, 0.2) is 5.60 Å². The molecule has 1 atom stereocenters. The summed E-state index contributed by atoms with van der Waals surface area (Å²) in [6, 6.07) is 2.54. The highest BCUT2D eigenvalue weighted by atomic mass is 19.4. The monoisotopic (exact) mass is 231 g/mol. The highest BCUT2D eigenvalue weighted by molar-refractivity contribution is 5.33. The number of hydrogen-bond donors (Lipinski definition) is 2. The van der Waals surface area contributed by atoms with Crippen LogP contribution in [-0.2, 0) is 5.60 Å². The van der Waals surface area contributed by atoms with Gasteiger partial charge < -0.3 is 10.8 Å². The second-order valence-corrected chi connectivity index (χ2v) is 3.14. The van der Waals surface area contributed by atoms with Crippen LogP contribution in [0.15, 0.2) is 18.5 Å². The summed E-state index contributed by atoms with van der Waals surface area (Å²) in [5.41, 5.74) is 1.15. The molecule has 7 heteroatoms. The molecule has 1 heterocycles. The normalized spacial score (nSPS) is 15.2. The first-order valence-corrected chi connectivity index (χ1v) is 4.20. The van der Waals surface area contributed by atoms with Crippen LogP contribution in [0.2, 0.25) is 0 Å². The molecule has 0 saturated heterocycles. The summed E-state index contributed by atoms with van der Waals surface area (Å²) >= 11 is 0. The van der Waals surface area contributed by atoms with E-state index in [0.29, 0.717) is 0 Å². The van der Waals surface area contributed by atoms with Gasteiger partial charge in [0.25, 0.3) is 0 Å². The van der Waals surface area contributed by atoms with Gasteiger partial charge >= 0.3 is 6.18 Å². The van der Waals surface area contributed by atoms with Crippen molar-refractivity contribution >= 4 is 0 Å². The minimum absolute atomic E-state index is 0.0753. The van der Waals surface area contributed by atoms with E-state index in [9.17, 15) is 18.3 Å². The van der Waals surface area contributed by atoms with Crippen molar-refractivity contribution in [3.8, 4) is 6.07 Å². The van der Waals surface area contributed by atoms with Gasteiger partial charge in [0, 0.05) is 24.5 Å². The van der Waals surface area contributed by atoms with Crippen LogP contribution in [-0.4, -0.2) is 22.8 Å². The fourth-order valence-electron chi connectivity index (χ4n) is 1.12. The quantitative estimate of drug-likeness (QED) is 0.783. The van der Waals surface area contributed by atoms with E-state index >= 15 is 0 Å². The maximum absolute atomic E-state index is 12.6. The van der Waals surface area contributed by atoms with Gasteiger partial charge in [-0.1, -0.05) is 0 Å². The molecule has 0 radical (unpaired) electrons. The summed E-state index contributed by atoms with van der Waals surface area (Å²) in [6.07, 6.45) is -2.99. The second kappa shape index (κ2) is 4.08. The number of aliphatic hydroxyl groups is 1. The zero-order chi connectivity index (χ0) is 12.4. The Balaban J connectivity index is 3.29. The average Bonchev–Trinajstić information content (AvgIpc) is 2.26. The lowest BCUT2D eigenvalue weighted by atomic mass is 9.94. The lowest BCUT2D eigenvalue weighted by Gasteiger charge is -2.29. The number of rotatable bonds is 2. The molecule has 0 fully saturated rings. The molecule has 0 amide bonds. The number of aromatic nitrogens is 1. The lowest BCUT2D eigenvalue weighted by molar-refractivity contribution is -0.262. The Labute approximate surface area is 89.1 Å². The predicted molar refractivity (Wildman–Crippen MR) is 48.0 cm³/mol. The third kappa shape index (κ3) is 1.98. The van der Waals surface area contributed by atoms with Gasteiger partial charge in [0.1, 0.15) is 6.07 Å². The van der Waals surface area contributed by atoms with Crippen LogP contribution in [0.1, 0.15) is 11.1 Å². The summed E-state index contributed by atoms with van der Waals surface area (Å²) in [6.45, 7) is -1.03. The molecule has 0 aliphatic carbocycles. The molecule has 86 valence electrons. The number of alkyl halides is 3. The standard InChI is InChI=1S/C9H8F3N3O/c10-9(11,12)8(16,5-14)7-1-6(2-13)3-15-4-7/h1,3-4,16H,5,14H2. The average molecular weight is 231 g/mol. The van der Waals surface area contributed by atoms with Crippen molar-refractivity contribution in [2.24, 2.45) is 5.73 Å². The van der Waals surface area contributed by atoms with Crippen molar-refractivity contribution in [1.29, 1.82) is 5.26 Å². The highest BCUT2D eigenvalue weighted by Crippen LogP contribution is 2.37. The number of pyridine rings is 1. The number of hydrogen-bond acceptors (Lipinski definition) is 4. The van der Waals surface area contributed by atoms with Gasteiger partial charge in [-0.15, -0.1) is 0 Å². The third-order valence-corrected chi connectivity index (χ3v) is 2.11. The van der Waals surface area contributed by atoms with Crippen LogP contribution in [0.4, 0.5) is 13.2 Å². The molecular formula is C9H8F3N3O. The number of nitrogens with zero attached hydrogens (tertiary/aromatic N) is 2. The SMILES string of the molecule is N#Cc1cncc(C(O)(CN)C(F)(F)F)c1. The summed E-state index contributed by atoms with van der Waals surface area (Å²) in [5.74, 6) is 0. The Morgan fingerprint density at radius 1 is 1.44 bits per heavy atom. The second-order valence-electron chi connectivity index (χ2n) is 3.14. The summed E-state index contributed by atoms with van der Waals surface area (Å²) in [4.78, 5) is 3.44. The fourth-order valence-corrected chi connectivity index (χ4v) is 1.12. The van der Waals surface area contributed by atoms with Crippen LogP contribution in [0.25, 0.3) is 0 Å². The molecule has 1 rings (SSSR count). The number of nitriles is 1. The Hall–Kier alpha value is -1.65. The maximum Gasteiger partial charge on any atom is 0.422 e. The van der Waals surface area contributed by atoms with Gasteiger partial charge in [0.2, 0.25) is 0 Å². The number of nitrogens with two attached hydrogens (primary N) is 1. The zero-order valence-electron chi connectivity index (χ0n) is 7.99. The molecule has 0 bridgehead atoms. The van der Waals surface area contributed by atoms with E-state index in [2.05, 4.69) is 4.98 Å². The van der Waals surface area contributed by atoms with Crippen molar-refractivity contribution in [3.63, 3.8) is 0 Å². The Bertz CT molecular complexity index is 427. The van der Waals surface area contributed by atoms with E-state index in [0.717, 1.165) is 18.5 Å². The first kappa shape index (κ1) is 12.4. The smallest absolute Gasteiger partial charge is 0.375 e. The number of halogens is 3. The van der Waals surface area contributed by atoms with Crippen molar-refractivity contribution in [3.05, 3.63) is 29.6 Å². The molecule has 0 aliphatic heterocycles. The molecule has 1 aromatic rings. The van der Waals surface area contributed by atoms with Gasteiger partial charge in [0.05, 0.1) is 5.56 Å². The van der Waals surface area contributed by atoms with E-state index in [1.54, 1.807) is 6.07 Å². The van der Waals surface area contributed by atoms with Crippen LogP contribution >= 0.6 is 0 Å². The minimum atomic E-state index is -4.92. The first-order valence-electron chi connectivity index (χ1n) is 4.20. The molecule has 16 heavy (non-hydrogen) atoms. The topological polar surface area (TPSA) is 82.9 Å². The van der Waals surface area contributed by atoms with Crippen molar-refractivity contribution < 1.29 is 18.3 Å². The third-order valence-electron chi connectivity index (χ3n) is 2.11. The Kier molecular flexibility index (Phi) is 3.16. The molecule has 4 nitrogen and oxygen atoms in total. The van der Waals surface area contributed by atoms with Crippen molar-refractivity contribution in [2.45, 2.75) is 11.8 Å². The predicted octanol–water partition coefficient (Wildman–Crippen LogP) is 0.662. The molecule has 3 N–H and O–H groups in total. The summed E-state index contributed by atoms with van der Waals surface area (Å²) < 4.78 is 37.8. The van der Waals surface area contributed by atoms with Crippen LogP contribution in [0, 0.1) is 11.3 Å². The van der Waals surface area contributed by atoms with Gasteiger partial charge in [-0.25, -0.2) is 0 Å². The Morgan fingerprint density at radius 2 is 2.06 bits per heavy atom. The molecule has 1 aromatic heterocycles. The first-order chi connectivity index (χ1) is 7.35. The molecule has 0 aromatic carbocycles. The van der Waals surface area contributed by atoms with Crippen molar-refractivity contribution in [1.82, 2.24) is 4.98 Å². The Morgan fingerprint density at radius 3 is 2.50 bits per heavy atom. The van der Waals surface area contributed by atoms with Crippen LogP contribution < -0.4 is 5.73 Å². The zero-order valence-corrected chi connectivity index (χ0v) is 7.99. The molecule has 1 unspecified atom stereocenters. The lowest BCUT2D eigenvalue weighted by Crippen LogP contribution is -2.48. The summed E-state index contributed by atoms with van der Waals surface area (Å²) in [7, 11) is 0. The fraction of sp³-hybridized carbons (Fsp3) is 0.333. The van der Waals surface area contributed by atoms with Gasteiger partial charge in [-0.2, -0.15) is 18.4 Å². The van der Waals surface area contributed by atoms with E-state index in [4.69, 9.17) is 11.0 Å². The van der Waals surface area contributed by atoms with Crippen molar-refractivity contribution in [2.75, 3.05) is 6.54 Å². The highest BCUT2D eigenvalue weighted by Gasteiger charge is 2.54. The maximum atomic E-state index is 12.6. The van der Waals surface area contributed by atoms with Gasteiger partial charge in [-0.05, 0) is 6.07 Å². The van der Waals surface area contributed by atoms with E-state index in [1.807, 2.05) is 0 Å². The van der Waals surface area contributed by atoms with Crippen LogP contribution in [0.3, 0.4) is 0 Å². The van der Waals surface area contributed by atoms with Gasteiger partial charge in [-0.3, -0.25) is 4.98 Å².